The van der Waals surface area contributed by atoms with E-state index in [0.717, 1.165) is 31.4 Å². The first-order valence-electron chi connectivity index (χ1n) is 5.86. The van der Waals surface area contributed by atoms with Crippen molar-refractivity contribution >= 4 is 0 Å². The van der Waals surface area contributed by atoms with Gasteiger partial charge in [-0.15, -0.1) is 0 Å². The lowest BCUT2D eigenvalue weighted by molar-refractivity contribution is 0.111. The maximum absolute atomic E-state index is 9.95. The number of rotatable bonds is 6. The van der Waals surface area contributed by atoms with E-state index in [4.69, 9.17) is 0 Å². The predicted molar refractivity (Wildman–Crippen MR) is 61.7 cm³/mol. The molecule has 0 aromatic carbocycles. The predicted octanol–water partition coefficient (Wildman–Crippen LogP) is 2.24. The molecule has 2 atom stereocenters. The van der Waals surface area contributed by atoms with Crippen LogP contribution >= 0.6 is 0 Å². The molecule has 0 bridgehead atoms. The van der Waals surface area contributed by atoms with Gasteiger partial charge in [-0.25, -0.2) is 0 Å². The molecule has 15 heavy (non-hydrogen) atoms. The Morgan fingerprint density at radius 2 is 2.20 bits per heavy atom. The third-order valence-corrected chi connectivity index (χ3v) is 2.86. The van der Waals surface area contributed by atoms with Gasteiger partial charge in [0, 0.05) is 19.2 Å². The first-order chi connectivity index (χ1) is 7.17. The first-order valence-corrected chi connectivity index (χ1v) is 5.86. The summed E-state index contributed by atoms with van der Waals surface area (Å²) in [5.41, 5.74) is 1.13. The van der Waals surface area contributed by atoms with Crippen LogP contribution in [-0.2, 0) is 13.0 Å². The largest absolute Gasteiger partial charge is 0.393 e. The number of hydrogen-bond donors (Lipinski definition) is 1. The van der Waals surface area contributed by atoms with Gasteiger partial charge in [0.05, 0.1) is 12.3 Å². The highest BCUT2D eigenvalue weighted by atomic mass is 16.3. The lowest BCUT2D eigenvalue weighted by Gasteiger charge is -2.17. The molecule has 0 spiro atoms. The summed E-state index contributed by atoms with van der Waals surface area (Å²) in [5, 5.41) is 14.1. The zero-order chi connectivity index (χ0) is 11.3. The molecule has 1 rings (SSSR count). The van der Waals surface area contributed by atoms with E-state index in [1.54, 1.807) is 0 Å². The van der Waals surface area contributed by atoms with Gasteiger partial charge in [0.25, 0.3) is 0 Å². The Hall–Kier alpha value is -0.830. The first kappa shape index (κ1) is 12.2. The summed E-state index contributed by atoms with van der Waals surface area (Å²) in [6, 6.07) is 0. The van der Waals surface area contributed by atoms with Crippen LogP contribution in [0.25, 0.3) is 0 Å². The van der Waals surface area contributed by atoms with E-state index in [1.807, 2.05) is 17.1 Å². The van der Waals surface area contributed by atoms with Crippen LogP contribution in [0, 0.1) is 5.92 Å². The molecule has 0 aliphatic rings. The summed E-state index contributed by atoms with van der Waals surface area (Å²) in [6.45, 7) is 7.21. The van der Waals surface area contributed by atoms with Crippen LogP contribution in [0.15, 0.2) is 12.4 Å². The summed E-state index contributed by atoms with van der Waals surface area (Å²) >= 11 is 0. The fraction of sp³-hybridized carbons (Fsp3) is 0.750. The molecule has 1 aromatic heterocycles. The molecule has 1 heterocycles. The highest BCUT2D eigenvalue weighted by Crippen LogP contribution is 2.14. The molecule has 3 heteroatoms. The molecule has 86 valence electrons. The number of nitrogens with zero attached hydrogens (tertiary/aromatic N) is 2. The van der Waals surface area contributed by atoms with Crippen molar-refractivity contribution in [3.05, 3.63) is 18.0 Å². The van der Waals surface area contributed by atoms with Crippen molar-refractivity contribution in [1.82, 2.24) is 9.78 Å². The Balaban J connectivity index is 2.46. The fourth-order valence-electron chi connectivity index (χ4n) is 1.78. The number of aliphatic hydroxyl groups is 1. The summed E-state index contributed by atoms with van der Waals surface area (Å²) < 4.78 is 1.90. The molecular formula is C12H22N2O. The minimum atomic E-state index is -0.237. The van der Waals surface area contributed by atoms with Crippen LogP contribution in [0.1, 0.15) is 39.2 Å². The second kappa shape index (κ2) is 5.91. The minimum Gasteiger partial charge on any atom is -0.393 e. The SMILES string of the molecule is CCCC(C)C(O)Cc1cnn(CC)c1. The average molecular weight is 210 g/mol. The standard InChI is InChI=1S/C12H22N2O/c1-4-6-10(3)12(15)7-11-8-13-14(5-2)9-11/h8-10,12,15H,4-7H2,1-3H3. The molecule has 0 amide bonds. The van der Waals surface area contributed by atoms with E-state index >= 15 is 0 Å². The van der Waals surface area contributed by atoms with Crippen molar-refractivity contribution in [3.8, 4) is 0 Å². The molecule has 0 saturated heterocycles. The van der Waals surface area contributed by atoms with E-state index in [-0.39, 0.29) is 6.10 Å². The Morgan fingerprint density at radius 1 is 1.47 bits per heavy atom. The zero-order valence-corrected chi connectivity index (χ0v) is 9.98. The monoisotopic (exact) mass is 210 g/mol. The molecule has 1 N–H and O–H groups in total. The van der Waals surface area contributed by atoms with Crippen LogP contribution in [0.3, 0.4) is 0 Å². The van der Waals surface area contributed by atoms with Gasteiger partial charge in [-0.05, 0) is 24.8 Å². The van der Waals surface area contributed by atoms with Gasteiger partial charge in [-0.2, -0.15) is 5.10 Å². The minimum absolute atomic E-state index is 0.237. The number of hydrogen-bond acceptors (Lipinski definition) is 2. The third-order valence-electron chi connectivity index (χ3n) is 2.86. The summed E-state index contributed by atoms with van der Waals surface area (Å²) in [7, 11) is 0. The number of aliphatic hydroxyl groups excluding tert-OH is 1. The molecule has 0 aliphatic carbocycles. The molecular weight excluding hydrogens is 188 g/mol. The molecule has 0 fully saturated rings. The molecule has 0 radical (unpaired) electrons. The van der Waals surface area contributed by atoms with Crippen molar-refractivity contribution in [3.63, 3.8) is 0 Å². The normalized spacial score (nSPS) is 15.2. The van der Waals surface area contributed by atoms with Gasteiger partial charge >= 0.3 is 0 Å². The van der Waals surface area contributed by atoms with Crippen LogP contribution < -0.4 is 0 Å². The lowest BCUT2D eigenvalue weighted by Crippen LogP contribution is -2.19. The van der Waals surface area contributed by atoms with Crippen LogP contribution in [-0.4, -0.2) is 21.0 Å². The van der Waals surface area contributed by atoms with Crippen molar-refractivity contribution in [2.24, 2.45) is 5.92 Å². The fourth-order valence-corrected chi connectivity index (χ4v) is 1.78. The third kappa shape index (κ3) is 3.67. The van der Waals surface area contributed by atoms with E-state index < -0.39 is 0 Å². The maximum atomic E-state index is 9.95. The highest BCUT2D eigenvalue weighted by Gasteiger charge is 2.14. The second-order valence-corrected chi connectivity index (χ2v) is 4.24. The van der Waals surface area contributed by atoms with E-state index in [1.165, 1.54) is 0 Å². The van der Waals surface area contributed by atoms with Crippen LogP contribution in [0.4, 0.5) is 0 Å². The van der Waals surface area contributed by atoms with Gasteiger partial charge in [0.2, 0.25) is 0 Å². The van der Waals surface area contributed by atoms with Crippen molar-refractivity contribution in [2.45, 2.75) is 52.7 Å². The number of aryl methyl sites for hydroxylation is 1. The second-order valence-electron chi connectivity index (χ2n) is 4.24. The van der Waals surface area contributed by atoms with Crippen LogP contribution in [0.5, 0.6) is 0 Å². The highest BCUT2D eigenvalue weighted by molar-refractivity contribution is 5.05. The smallest absolute Gasteiger partial charge is 0.0607 e. The zero-order valence-electron chi connectivity index (χ0n) is 9.98. The Bertz CT molecular complexity index is 283. The Kier molecular flexibility index (Phi) is 4.82. The van der Waals surface area contributed by atoms with E-state index in [2.05, 4.69) is 25.9 Å². The molecule has 3 nitrogen and oxygen atoms in total. The van der Waals surface area contributed by atoms with Gasteiger partial charge in [-0.1, -0.05) is 20.3 Å². The Morgan fingerprint density at radius 3 is 2.73 bits per heavy atom. The van der Waals surface area contributed by atoms with Crippen LogP contribution in [0.2, 0.25) is 0 Å². The molecule has 0 saturated carbocycles. The van der Waals surface area contributed by atoms with Crippen molar-refractivity contribution < 1.29 is 5.11 Å². The quantitative estimate of drug-likeness (QED) is 0.782. The molecule has 0 aliphatic heterocycles. The van der Waals surface area contributed by atoms with Crippen molar-refractivity contribution in [1.29, 1.82) is 0 Å². The average Bonchev–Trinajstić information content (AvgIpc) is 2.66. The topological polar surface area (TPSA) is 38.1 Å². The summed E-state index contributed by atoms with van der Waals surface area (Å²) in [4.78, 5) is 0. The van der Waals surface area contributed by atoms with Crippen molar-refractivity contribution in [2.75, 3.05) is 0 Å². The van der Waals surface area contributed by atoms with Gasteiger partial charge < -0.3 is 5.11 Å². The van der Waals surface area contributed by atoms with E-state index in [9.17, 15) is 5.11 Å². The van der Waals surface area contributed by atoms with Gasteiger partial charge in [0.1, 0.15) is 0 Å². The molecule has 2 unspecified atom stereocenters. The molecule has 1 aromatic rings. The lowest BCUT2D eigenvalue weighted by atomic mass is 9.95. The summed E-state index contributed by atoms with van der Waals surface area (Å²) in [6.07, 6.45) is 6.57. The summed E-state index contributed by atoms with van der Waals surface area (Å²) in [5.74, 6) is 0.375. The maximum Gasteiger partial charge on any atom is 0.0607 e. The number of aromatic nitrogens is 2. The van der Waals surface area contributed by atoms with Gasteiger partial charge in [0.15, 0.2) is 0 Å². The Labute approximate surface area is 92.1 Å². The van der Waals surface area contributed by atoms with E-state index in [0.29, 0.717) is 5.92 Å². The van der Waals surface area contributed by atoms with Gasteiger partial charge in [-0.3, -0.25) is 4.68 Å².